The van der Waals surface area contributed by atoms with E-state index < -0.39 is 12.1 Å². The number of nitriles is 1. The maximum absolute atomic E-state index is 13.7. The highest BCUT2D eigenvalue weighted by atomic mass is 19.1. The Morgan fingerprint density at radius 2 is 1.72 bits per heavy atom. The van der Waals surface area contributed by atoms with Crippen molar-refractivity contribution in [3.8, 4) is 6.07 Å². The van der Waals surface area contributed by atoms with E-state index >= 15 is 0 Å². The van der Waals surface area contributed by atoms with Gasteiger partial charge in [-0.1, -0.05) is 24.3 Å². The van der Waals surface area contributed by atoms with Crippen LogP contribution in [0.4, 0.5) is 32.7 Å². The molecule has 256 valence electrons. The fourth-order valence-corrected chi connectivity index (χ4v) is 5.58. The van der Waals surface area contributed by atoms with Crippen molar-refractivity contribution in [3.63, 3.8) is 0 Å². The van der Waals surface area contributed by atoms with Crippen LogP contribution in [-0.4, -0.2) is 91.1 Å². The van der Waals surface area contributed by atoms with Crippen LogP contribution in [0.2, 0.25) is 0 Å². The number of amides is 2. The fraction of sp³-hybridized carbons (Fsp3) is 0.265. The van der Waals surface area contributed by atoms with E-state index in [9.17, 15) is 19.1 Å². The van der Waals surface area contributed by atoms with Gasteiger partial charge in [-0.3, -0.25) is 9.69 Å². The van der Waals surface area contributed by atoms with Crippen LogP contribution in [0.25, 0.3) is 11.0 Å². The van der Waals surface area contributed by atoms with Crippen LogP contribution in [0.5, 0.6) is 0 Å². The zero-order valence-corrected chi connectivity index (χ0v) is 27.2. The van der Waals surface area contributed by atoms with Gasteiger partial charge in [0.1, 0.15) is 17.7 Å². The van der Waals surface area contributed by atoms with Crippen LogP contribution in [0.1, 0.15) is 22.5 Å². The number of nitrogens with zero attached hydrogens (tertiary/aromatic N) is 7. The summed E-state index contributed by atoms with van der Waals surface area (Å²) >= 11 is 0. The van der Waals surface area contributed by atoms with Crippen LogP contribution in [0.3, 0.4) is 0 Å². The number of halogens is 1. The normalized spacial score (nSPS) is 13.7. The molecule has 3 heterocycles. The van der Waals surface area contributed by atoms with E-state index in [1.807, 2.05) is 24.3 Å². The Morgan fingerprint density at radius 1 is 0.960 bits per heavy atom. The third-order valence-corrected chi connectivity index (χ3v) is 8.16. The number of nitrogens with one attached hydrogen (secondary N) is 5. The van der Waals surface area contributed by atoms with Gasteiger partial charge >= 0.3 is 6.09 Å². The molecule has 0 saturated carbocycles. The van der Waals surface area contributed by atoms with E-state index in [1.165, 1.54) is 17.0 Å². The number of imidazole rings is 1. The molecule has 2 amide bonds. The first-order valence-electron chi connectivity index (χ1n) is 15.9. The van der Waals surface area contributed by atoms with E-state index in [-0.39, 0.29) is 36.1 Å². The minimum absolute atomic E-state index is 0.131. The predicted molar refractivity (Wildman–Crippen MR) is 184 cm³/mol. The van der Waals surface area contributed by atoms with E-state index in [4.69, 9.17) is 5.26 Å². The number of rotatable bonds is 12. The predicted octanol–water partition coefficient (Wildman–Crippen LogP) is 3.68. The molecule has 3 aromatic carbocycles. The van der Waals surface area contributed by atoms with Crippen LogP contribution in [0.15, 0.2) is 66.7 Å². The number of carboxylic acid groups (broad SMARTS) is 1. The number of benzene rings is 3. The fourth-order valence-electron chi connectivity index (χ4n) is 5.58. The molecule has 1 fully saturated rings. The van der Waals surface area contributed by atoms with Crippen molar-refractivity contribution >= 4 is 46.6 Å². The number of fused-ring (bicyclic) bond motifs is 1. The number of piperazine rings is 1. The second kappa shape index (κ2) is 15.3. The number of carbonyl (C=O) groups excluding carboxylic acids is 1. The van der Waals surface area contributed by atoms with Gasteiger partial charge in [0.25, 0.3) is 0 Å². The number of hydrogen-bond acceptors (Lipinski definition) is 11. The molecule has 1 aliphatic heterocycles. The molecule has 0 aliphatic carbocycles. The van der Waals surface area contributed by atoms with Gasteiger partial charge in [-0.25, -0.2) is 14.2 Å². The topological polar surface area (TPSA) is 200 Å². The molecule has 16 heteroatoms. The number of likely N-dealkylation sites (N-methyl/N-ethyl adjacent to an activating group) is 1. The summed E-state index contributed by atoms with van der Waals surface area (Å²) < 4.78 is 13.7. The minimum atomic E-state index is -0.903. The molecule has 50 heavy (non-hydrogen) atoms. The zero-order chi connectivity index (χ0) is 35.0. The maximum atomic E-state index is 13.7. The van der Waals surface area contributed by atoms with Gasteiger partial charge in [0.05, 0.1) is 29.2 Å². The van der Waals surface area contributed by atoms with Crippen molar-refractivity contribution in [2.75, 3.05) is 49.2 Å². The quantitative estimate of drug-likeness (QED) is 0.112. The third kappa shape index (κ3) is 8.57. The van der Waals surface area contributed by atoms with Gasteiger partial charge < -0.3 is 36.3 Å². The first-order chi connectivity index (χ1) is 24.2. The lowest BCUT2D eigenvalue weighted by Gasteiger charge is -2.33. The van der Waals surface area contributed by atoms with Crippen LogP contribution < -0.4 is 21.3 Å². The summed E-state index contributed by atoms with van der Waals surface area (Å²) in [6, 6.07) is 20.4. The van der Waals surface area contributed by atoms with Crippen molar-refractivity contribution in [1.82, 2.24) is 40.0 Å². The molecule has 1 atom stereocenters. The number of hydrogen-bond donors (Lipinski definition) is 6. The molecule has 2 aromatic heterocycles. The average molecular weight is 679 g/mol. The van der Waals surface area contributed by atoms with Gasteiger partial charge in [-0.2, -0.15) is 20.2 Å². The molecule has 5 aromatic rings. The summed E-state index contributed by atoms with van der Waals surface area (Å²) in [7, 11) is 1.54. The smallest absolute Gasteiger partial charge is 0.407 e. The van der Waals surface area contributed by atoms with Gasteiger partial charge in [0, 0.05) is 51.9 Å². The summed E-state index contributed by atoms with van der Waals surface area (Å²) in [4.78, 5) is 49.1. The second-order valence-corrected chi connectivity index (χ2v) is 11.7. The first-order valence-corrected chi connectivity index (χ1v) is 15.9. The summed E-state index contributed by atoms with van der Waals surface area (Å²) in [5, 5.41) is 30.6. The van der Waals surface area contributed by atoms with Crippen LogP contribution >= 0.6 is 0 Å². The molecular weight excluding hydrogens is 643 g/mol. The number of carbonyl (C=O) groups is 2. The molecule has 0 radical (unpaired) electrons. The molecule has 0 spiro atoms. The SMILES string of the molecule is CNC(=O)C(Cc1ccc(C#N)cc1)Nc1nc(NCc2nc3ccc(F)cc3[nH]2)nc(Nc2cccc(CN3CCN(C(=O)O)CC3)c2)n1. The van der Waals surface area contributed by atoms with Gasteiger partial charge in [0.2, 0.25) is 23.8 Å². The number of aromatic amines is 1. The van der Waals surface area contributed by atoms with Gasteiger partial charge in [-0.15, -0.1) is 0 Å². The van der Waals surface area contributed by atoms with Gasteiger partial charge in [0.15, 0.2) is 0 Å². The minimum Gasteiger partial charge on any atom is -0.465 e. The van der Waals surface area contributed by atoms with Crippen molar-refractivity contribution in [2.45, 2.75) is 25.6 Å². The Bertz CT molecular complexity index is 2020. The molecule has 6 rings (SSSR count). The highest BCUT2D eigenvalue weighted by Crippen LogP contribution is 2.21. The molecule has 1 unspecified atom stereocenters. The lowest BCUT2D eigenvalue weighted by molar-refractivity contribution is -0.121. The van der Waals surface area contributed by atoms with Crippen molar-refractivity contribution in [2.24, 2.45) is 0 Å². The molecule has 15 nitrogen and oxygen atoms in total. The maximum Gasteiger partial charge on any atom is 0.407 e. The molecule has 6 N–H and O–H groups in total. The largest absolute Gasteiger partial charge is 0.465 e. The number of anilines is 4. The van der Waals surface area contributed by atoms with Crippen molar-refractivity contribution in [3.05, 3.63) is 95.1 Å². The average Bonchev–Trinajstić information content (AvgIpc) is 3.53. The second-order valence-electron chi connectivity index (χ2n) is 11.7. The Labute approximate surface area is 286 Å². The number of aromatic nitrogens is 5. The summed E-state index contributed by atoms with van der Waals surface area (Å²) in [5.74, 6) is 0.407. The van der Waals surface area contributed by atoms with Crippen LogP contribution in [0, 0.1) is 17.1 Å². The van der Waals surface area contributed by atoms with E-state index in [1.54, 1.807) is 37.4 Å². The summed E-state index contributed by atoms with van der Waals surface area (Å²) in [6.07, 6.45) is -0.610. The van der Waals surface area contributed by atoms with Crippen molar-refractivity contribution < 1.29 is 19.1 Å². The van der Waals surface area contributed by atoms with E-state index in [2.05, 4.69) is 57.2 Å². The Balaban J connectivity index is 1.23. The lowest BCUT2D eigenvalue weighted by atomic mass is 10.0. The molecule has 0 bridgehead atoms. The molecular formula is C34H35FN12O3. The highest BCUT2D eigenvalue weighted by Gasteiger charge is 2.22. The Morgan fingerprint density at radius 3 is 2.46 bits per heavy atom. The molecule has 1 aliphatic rings. The summed E-state index contributed by atoms with van der Waals surface area (Å²) in [6.45, 7) is 3.01. The lowest BCUT2D eigenvalue weighted by Crippen LogP contribution is -2.47. The van der Waals surface area contributed by atoms with E-state index in [0.29, 0.717) is 61.6 Å². The van der Waals surface area contributed by atoms with Crippen LogP contribution in [-0.2, 0) is 24.3 Å². The Hall–Kier alpha value is -6.34. The van der Waals surface area contributed by atoms with E-state index in [0.717, 1.165) is 16.8 Å². The van der Waals surface area contributed by atoms with Crippen molar-refractivity contribution in [1.29, 1.82) is 5.26 Å². The highest BCUT2D eigenvalue weighted by molar-refractivity contribution is 5.84. The molecule has 1 saturated heterocycles. The van der Waals surface area contributed by atoms with Gasteiger partial charge in [-0.05, 0) is 53.6 Å². The zero-order valence-electron chi connectivity index (χ0n) is 27.2. The third-order valence-electron chi connectivity index (χ3n) is 8.16. The standard InChI is InChI=1S/C34H35FN12O3/c1-37-30(48)28(16-21-5-7-22(18-36)8-6-21)42-33-44-31(38-19-29-40-26-10-9-24(35)17-27(26)41-29)43-32(45-33)39-25-4-2-3-23(15-25)20-46-11-13-47(14-12-46)34(49)50/h2-10,15,17,28H,11-14,16,19-20H2,1H3,(H,37,48)(H,40,41)(H,49,50)(H3,38,39,42,43,44,45). The Kier molecular flexibility index (Phi) is 10.2. The first kappa shape index (κ1) is 33.6. The monoisotopic (exact) mass is 678 g/mol. The number of H-pyrrole nitrogens is 1. The summed E-state index contributed by atoms with van der Waals surface area (Å²) in [5.41, 5.74) is 4.26.